The van der Waals surface area contributed by atoms with Crippen LogP contribution in [0.5, 0.6) is 0 Å². The number of nitrogens with zero attached hydrogens (tertiary/aromatic N) is 2. The Bertz CT molecular complexity index is 313. The maximum atomic E-state index is 11.9. The topological polar surface area (TPSA) is 23.6 Å². The van der Waals surface area contributed by atoms with Gasteiger partial charge in [-0.3, -0.25) is 4.79 Å². The van der Waals surface area contributed by atoms with Gasteiger partial charge < -0.3 is 9.80 Å². The van der Waals surface area contributed by atoms with Crippen molar-refractivity contribution in [2.24, 2.45) is 5.92 Å². The summed E-state index contributed by atoms with van der Waals surface area (Å²) < 4.78 is 0. The molecule has 3 heteroatoms. The highest BCUT2D eigenvalue weighted by Gasteiger charge is 2.34. The van der Waals surface area contributed by atoms with Crippen LogP contribution >= 0.6 is 0 Å². The van der Waals surface area contributed by atoms with Crippen molar-refractivity contribution in [1.82, 2.24) is 9.80 Å². The molecule has 2 aliphatic rings. The third-order valence-corrected chi connectivity index (χ3v) is 3.93. The van der Waals surface area contributed by atoms with Crippen molar-refractivity contribution in [3.63, 3.8) is 0 Å². The summed E-state index contributed by atoms with van der Waals surface area (Å²) in [4.78, 5) is 16.4. The molecule has 2 aliphatic heterocycles. The highest BCUT2D eigenvalue weighted by Crippen LogP contribution is 2.25. The van der Waals surface area contributed by atoms with Crippen molar-refractivity contribution in [1.29, 1.82) is 0 Å². The molecule has 0 radical (unpaired) electrons. The quantitative estimate of drug-likeness (QED) is 0.688. The molecule has 0 aromatic heterocycles. The summed E-state index contributed by atoms with van der Waals surface area (Å²) in [5.74, 6) is 3.13. The second-order valence-corrected chi connectivity index (χ2v) is 5.19. The van der Waals surface area contributed by atoms with Gasteiger partial charge in [0.05, 0.1) is 0 Å². The normalized spacial score (nSPS) is 27.4. The Morgan fingerprint density at radius 1 is 1.41 bits per heavy atom. The molecule has 3 nitrogen and oxygen atoms in total. The summed E-state index contributed by atoms with van der Waals surface area (Å²) in [7, 11) is 0. The first-order chi connectivity index (χ1) is 8.24. The van der Waals surface area contributed by atoms with Crippen molar-refractivity contribution in [3.05, 3.63) is 0 Å². The lowest BCUT2D eigenvalue weighted by Crippen LogP contribution is -2.45. The van der Waals surface area contributed by atoms with E-state index in [1.807, 2.05) is 4.90 Å². The number of likely N-dealkylation sites (tertiary alicyclic amines) is 2. The molecule has 1 unspecified atom stereocenters. The van der Waals surface area contributed by atoms with Crippen molar-refractivity contribution in [3.8, 4) is 12.3 Å². The van der Waals surface area contributed by atoms with Crippen LogP contribution in [0.3, 0.4) is 0 Å². The predicted molar refractivity (Wildman–Crippen MR) is 68.4 cm³/mol. The summed E-state index contributed by atoms with van der Waals surface area (Å²) in [5, 5.41) is 0. The van der Waals surface area contributed by atoms with Crippen LogP contribution < -0.4 is 0 Å². The van der Waals surface area contributed by atoms with E-state index in [9.17, 15) is 4.79 Å². The molecule has 0 N–H and O–H groups in total. The molecule has 0 aromatic rings. The first-order valence-electron chi connectivity index (χ1n) is 6.72. The lowest BCUT2D eigenvalue weighted by Gasteiger charge is -2.36. The number of hydrogen-bond donors (Lipinski definition) is 0. The van der Waals surface area contributed by atoms with Gasteiger partial charge in [0.15, 0.2) is 0 Å². The van der Waals surface area contributed by atoms with E-state index in [0.29, 0.717) is 12.5 Å². The van der Waals surface area contributed by atoms with Gasteiger partial charge in [0.25, 0.3) is 0 Å². The maximum Gasteiger partial charge on any atom is 0.224 e. The summed E-state index contributed by atoms with van der Waals surface area (Å²) in [6, 6.07) is 0.439. The minimum Gasteiger partial charge on any atom is -0.338 e. The van der Waals surface area contributed by atoms with Crippen LogP contribution in [0.1, 0.15) is 32.6 Å². The first-order valence-corrected chi connectivity index (χ1v) is 6.72. The van der Waals surface area contributed by atoms with E-state index in [2.05, 4.69) is 17.7 Å². The van der Waals surface area contributed by atoms with Gasteiger partial charge in [-0.2, -0.15) is 0 Å². The Kier molecular flexibility index (Phi) is 4.06. The largest absolute Gasteiger partial charge is 0.338 e. The lowest BCUT2D eigenvalue weighted by atomic mass is 10.0. The van der Waals surface area contributed by atoms with E-state index in [1.54, 1.807) is 0 Å². The zero-order valence-corrected chi connectivity index (χ0v) is 10.7. The van der Waals surface area contributed by atoms with Crippen LogP contribution in [0.4, 0.5) is 0 Å². The predicted octanol–water partition coefficient (Wildman–Crippen LogP) is 1.34. The lowest BCUT2D eigenvalue weighted by molar-refractivity contribution is -0.130. The summed E-state index contributed by atoms with van der Waals surface area (Å²) in [6.07, 6.45) is 9.42. The highest BCUT2D eigenvalue weighted by molar-refractivity contribution is 5.79. The molecule has 2 heterocycles. The van der Waals surface area contributed by atoms with Gasteiger partial charge in [-0.25, -0.2) is 0 Å². The molecule has 1 atom stereocenters. The molecule has 1 amide bonds. The number of carbonyl (C=O) groups is 1. The van der Waals surface area contributed by atoms with E-state index in [1.165, 1.54) is 13.0 Å². The van der Waals surface area contributed by atoms with Gasteiger partial charge in [-0.15, -0.1) is 12.3 Å². The van der Waals surface area contributed by atoms with E-state index < -0.39 is 0 Å². The number of amides is 1. The number of piperidine rings is 1. The molecule has 2 fully saturated rings. The van der Waals surface area contributed by atoms with Crippen LogP contribution in [0, 0.1) is 18.3 Å². The highest BCUT2D eigenvalue weighted by atomic mass is 16.2. The van der Waals surface area contributed by atoms with Crippen molar-refractivity contribution < 1.29 is 4.79 Å². The van der Waals surface area contributed by atoms with Crippen LogP contribution in [-0.4, -0.2) is 47.9 Å². The smallest absolute Gasteiger partial charge is 0.224 e. The maximum absolute atomic E-state index is 11.9. The third kappa shape index (κ3) is 2.81. The minimum absolute atomic E-state index is 0.149. The van der Waals surface area contributed by atoms with Crippen LogP contribution in [0.2, 0.25) is 0 Å². The van der Waals surface area contributed by atoms with E-state index >= 15 is 0 Å². The van der Waals surface area contributed by atoms with E-state index in [-0.39, 0.29) is 11.8 Å². The summed E-state index contributed by atoms with van der Waals surface area (Å²) >= 11 is 0. The SMILES string of the molecule is C#CC1CC(=O)N(C2CCN(CCC)CC2)C1. The van der Waals surface area contributed by atoms with Gasteiger partial charge in [-0.05, 0) is 25.8 Å². The number of rotatable bonds is 3. The Labute approximate surface area is 104 Å². The van der Waals surface area contributed by atoms with Crippen LogP contribution in [0.25, 0.3) is 0 Å². The minimum atomic E-state index is 0.149. The first kappa shape index (κ1) is 12.4. The summed E-state index contributed by atoms with van der Waals surface area (Å²) in [6.45, 7) is 6.45. The van der Waals surface area contributed by atoms with Gasteiger partial charge >= 0.3 is 0 Å². The average molecular weight is 234 g/mol. The molecule has 94 valence electrons. The number of terminal acetylenes is 1. The number of carbonyl (C=O) groups excluding carboxylic acids is 1. The van der Waals surface area contributed by atoms with Crippen molar-refractivity contribution in [2.75, 3.05) is 26.2 Å². The van der Waals surface area contributed by atoms with Crippen LogP contribution in [0.15, 0.2) is 0 Å². The molecule has 2 rings (SSSR count). The Balaban J connectivity index is 1.85. The van der Waals surface area contributed by atoms with Gasteiger partial charge in [-0.1, -0.05) is 6.92 Å². The monoisotopic (exact) mass is 234 g/mol. The molecule has 0 aromatic carbocycles. The molecule has 17 heavy (non-hydrogen) atoms. The fourth-order valence-electron chi connectivity index (χ4n) is 2.97. The van der Waals surface area contributed by atoms with E-state index in [4.69, 9.17) is 6.42 Å². The molecular weight excluding hydrogens is 212 g/mol. The molecule has 0 bridgehead atoms. The second kappa shape index (κ2) is 5.55. The zero-order valence-electron chi connectivity index (χ0n) is 10.7. The van der Waals surface area contributed by atoms with E-state index in [0.717, 1.165) is 32.5 Å². The molecular formula is C14H22N2O. The van der Waals surface area contributed by atoms with Crippen molar-refractivity contribution >= 4 is 5.91 Å². The fraction of sp³-hybridized carbons (Fsp3) is 0.786. The van der Waals surface area contributed by atoms with Crippen LogP contribution in [-0.2, 0) is 4.79 Å². The molecule has 0 spiro atoms. The second-order valence-electron chi connectivity index (χ2n) is 5.19. The van der Waals surface area contributed by atoms with Gasteiger partial charge in [0.2, 0.25) is 5.91 Å². The Morgan fingerprint density at radius 3 is 2.65 bits per heavy atom. The molecule has 0 saturated carbocycles. The molecule has 0 aliphatic carbocycles. The third-order valence-electron chi connectivity index (χ3n) is 3.93. The average Bonchev–Trinajstić information content (AvgIpc) is 2.72. The molecule has 2 saturated heterocycles. The summed E-state index contributed by atoms with van der Waals surface area (Å²) in [5.41, 5.74) is 0. The number of hydrogen-bond acceptors (Lipinski definition) is 2. The van der Waals surface area contributed by atoms with Gasteiger partial charge in [0.1, 0.15) is 0 Å². The standard InChI is InChI=1S/C14H22N2O/c1-3-7-15-8-5-13(6-9-15)16-11-12(4-2)10-14(16)17/h2,12-13H,3,5-11H2,1H3. The Hall–Kier alpha value is -1.01. The fourth-order valence-corrected chi connectivity index (χ4v) is 2.97. The Morgan fingerprint density at radius 2 is 2.12 bits per heavy atom. The zero-order chi connectivity index (χ0) is 12.3. The van der Waals surface area contributed by atoms with Crippen molar-refractivity contribution in [2.45, 2.75) is 38.6 Å². The van der Waals surface area contributed by atoms with Gasteiger partial charge in [0, 0.05) is 38.0 Å².